The summed E-state index contributed by atoms with van der Waals surface area (Å²) >= 11 is 0. The second-order valence-corrected chi connectivity index (χ2v) is 7.95. The van der Waals surface area contributed by atoms with Gasteiger partial charge in [-0.25, -0.2) is 4.85 Å². The molecule has 0 bridgehead atoms. The largest absolute Gasteiger partial charge is 0.494 e. The molecule has 0 aliphatic carbocycles. The molecule has 35 heavy (non-hydrogen) atoms. The molecule has 1 N–H and O–H groups in total. The van der Waals surface area contributed by atoms with Crippen molar-refractivity contribution < 1.29 is 9.53 Å². The average molecular weight is 468 g/mol. The number of nitrogens with zero attached hydrogens (tertiary/aromatic N) is 9. The highest BCUT2D eigenvalue weighted by Gasteiger charge is 2.30. The Kier molecular flexibility index (Phi) is 5.50. The van der Waals surface area contributed by atoms with Crippen LogP contribution in [-0.4, -0.2) is 60.4 Å². The number of benzene rings is 1. The number of hydrogen-bond donors (Lipinski definition) is 1. The molecule has 0 atom stereocenters. The smallest absolute Gasteiger partial charge is 0.257 e. The van der Waals surface area contributed by atoms with Gasteiger partial charge in [-0.3, -0.25) is 9.78 Å². The van der Waals surface area contributed by atoms with Crippen molar-refractivity contribution in [2.75, 3.05) is 19.5 Å². The molecular weight excluding hydrogens is 448 g/mol. The number of methoxy groups -OCH3 is 1. The van der Waals surface area contributed by atoms with Crippen LogP contribution in [0, 0.1) is 6.57 Å². The number of nitrogens with one attached hydrogen (secondary N) is 1. The molecule has 4 aromatic rings. The van der Waals surface area contributed by atoms with Crippen LogP contribution in [0.3, 0.4) is 0 Å². The first-order valence-electron chi connectivity index (χ1n) is 10.6. The lowest BCUT2D eigenvalue weighted by Gasteiger charge is -2.16. The van der Waals surface area contributed by atoms with Crippen LogP contribution in [0.1, 0.15) is 27.4 Å². The van der Waals surface area contributed by atoms with E-state index in [1.165, 1.54) is 11.0 Å². The van der Waals surface area contributed by atoms with Gasteiger partial charge in [0.05, 0.1) is 67.4 Å². The molecule has 5 rings (SSSR count). The van der Waals surface area contributed by atoms with Crippen molar-refractivity contribution in [3.8, 4) is 17.1 Å². The minimum absolute atomic E-state index is 0.123. The van der Waals surface area contributed by atoms with Gasteiger partial charge in [-0.05, 0) is 29.5 Å². The van der Waals surface area contributed by atoms with Crippen molar-refractivity contribution >= 4 is 23.0 Å². The Labute approximate surface area is 200 Å². The first-order chi connectivity index (χ1) is 17.0. The molecule has 1 amide bonds. The van der Waals surface area contributed by atoms with E-state index in [-0.39, 0.29) is 5.91 Å². The fourth-order valence-electron chi connectivity index (χ4n) is 3.99. The molecule has 1 aliphatic heterocycles. The summed E-state index contributed by atoms with van der Waals surface area (Å²) in [5.41, 5.74) is 4.76. The third kappa shape index (κ3) is 4.10. The number of fused-ring (bicyclic) bond motifs is 1. The Morgan fingerprint density at radius 3 is 2.77 bits per heavy atom. The van der Waals surface area contributed by atoms with Crippen molar-refractivity contribution in [3.63, 3.8) is 0 Å². The van der Waals surface area contributed by atoms with E-state index >= 15 is 0 Å². The Morgan fingerprint density at radius 2 is 2.03 bits per heavy atom. The van der Waals surface area contributed by atoms with E-state index in [0.29, 0.717) is 69.8 Å². The zero-order valence-corrected chi connectivity index (χ0v) is 19.2. The van der Waals surface area contributed by atoms with Crippen LogP contribution in [0.4, 0.5) is 17.1 Å². The average Bonchev–Trinajstić information content (AvgIpc) is 3.41. The van der Waals surface area contributed by atoms with E-state index < -0.39 is 0 Å². The normalized spacial score (nSPS) is 12.4. The summed E-state index contributed by atoms with van der Waals surface area (Å²) in [6.45, 7) is 7.60. The number of para-hydroxylation sites is 1. The molecule has 0 saturated carbocycles. The van der Waals surface area contributed by atoms with Gasteiger partial charge < -0.3 is 15.0 Å². The van der Waals surface area contributed by atoms with Gasteiger partial charge in [0.25, 0.3) is 5.91 Å². The maximum absolute atomic E-state index is 12.9. The van der Waals surface area contributed by atoms with Crippen molar-refractivity contribution in [2.24, 2.45) is 7.05 Å². The van der Waals surface area contributed by atoms with Gasteiger partial charge in [-0.15, -0.1) is 10.2 Å². The van der Waals surface area contributed by atoms with Crippen LogP contribution in [0.2, 0.25) is 0 Å². The Balaban J connectivity index is 1.57. The zero-order valence-electron chi connectivity index (χ0n) is 19.2. The number of hydrogen-bond acceptors (Lipinski definition) is 9. The Bertz CT molecular complexity index is 1490. The molecule has 0 unspecified atom stereocenters. The molecule has 1 aromatic carbocycles. The van der Waals surface area contributed by atoms with E-state index in [4.69, 9.17) is 16.3 Å². The van der Waals surface area contributed by atoms with E-state index in [2.05, 4.69) is 35.8 Å². The monoisotopic (exact) mass is 468 g/mol. The number of pyridine rings is 1. The summed E-state index contributed by atoms with van der Waals surface area (Å²) in [6, 6.07) is 9.02. The summed E-state index contributed by atoms with van der Waals surface area (Å²) in [7, 11) is 4.98. The quantitative estimate of drug-likeness (QED) is 0.425. The highest BCUT2D eigenvalue weighted by atomic mass is 16.5. The Hall–Kier alpha value is -4.92. The van der Waals surface area contributed by atoms with Gasteiger partial charge in [-0.2, -0.15) is 15.0 Å². The second kappa shape index (κ2) is 8.79. The van der Waals surface area contributed by atoms with Crippen molar-refractivity contribution in [3.05, 3.63) is 70.6 Å². The molecule has 174 valence electrons. The standard InChI is InChI=1S/C23H20N10O2/c1-24-15-9-14(28-25-11-15)8-13-10-18(20-19(26-13)12-32(2)23(20)34)27-17-7-5-6-16(21(17)35-4)22-29-31-33(3)30-22/h5-7,9-11H,8,12H2,2-4H3,(H,26,27). The molecule has 0 saturated heterocycles. The molecular formula is C23H20N10O2. The predicted octanol–water partition coefficient (Wildman–Crippen LogP) is 2.54. The third-order valence-electron chi connectivity index (χ3n) is 5.51. The third-order valence-corrected chi connectivity index (χ3v) is 5.51. The first kappa shape index (κ1) is 21.9. The lowest BCUT2D eigenvalue weighted by molar-refractivity contribution is 0.0817. The van der Waals surface area contributed by atoms with Crippen LogP contribution in [0.25, 0.3) is 16.2 Å². The van der Waals surface area contributed by atoms with E-state index in [0.717, 1.165) is 0 Å². The first-order valence-corrected chi connectivity index (χ1v) is 10.6. The van der Waals surface area contributed by atoms with Crippen LogP contribution >= 0.6 is 0 Å². The number of amides is 1. The number of rotatable bonds is 6. The van der Waals surface area contributed by atoms with Gasteiger partial charge in [-0.1, -0.05) is 6.07 Å². The fraction of sp³-hybridized carbons (Fsp3) is 0.217. The Morgan fingerprint density at radius 1 is 1.17 bits per heavy atom. The number of carbonyl (C=O) groups is 1. The summed E-state index contributed by atoms with van der Waals surface area (Å²) in [5.74, 6) is 0.812. The molecule has 4 heterocycles. The van der Waals surface area contributed by atoms with E-state index in [1.54, 1.807) is 32.2 Å². The number of tetrazole rings is 1. The molecule has 0 radical (unpaired) electrons. The highest BCUT2D eigenvalue weighted by Crippen LogP contribution is 2.38. The topological polar surface area (TPSA) is 128 Å². The van der Waals surface area contributed by atoms with Crippen LogP contribution < -0.4 is 10.1 Å². The lowest BCUT2D eigenvalue weighted by Crippen LogP contribution is -2.18. The molecule has 0 fully saturated rings. The van der Waals surface area contributed by atoms with E-state index in [9.17, 15) is 4.79 Å². The summed E-state index contributed by atoms with van der Waals surface area (Å²) in [6.07, 6.45) is 1.77. The minimum atomic E-state index is -0.123. The number of aryl methyl sites for hydroxylation is 1. The zero-order chi connectivity index (χ0) is 24.5. The van der Waals surface area contributed by atoms with Gasteiger partial charge >= 0.3 is 0 Å². The molecule has 3 aromatic heterocycles. The maximum Gasteiger partial charge on any atom is 0.257 e. The van der Waals surface area contributed by atoms with Crippen LogP contribution in [-0.2, 0) is 20.0 Å². The van der Waals surface area contributed by atoms with E-state index in [1.807, 2.05) is 24.3 Å². The second-order valence-electron chi connectivity index (χ2n) is 7.95. The number of aromatic nitrogens is 7. The van der Waals surface area contributed by atoms with Gasteiger partial charge in [0.15, 0.2) is 5.75 Å². The summed E-state index contributed by atoms with van der Waals surface area (Å²) in [4.78, 5) is 24.0. The van der Waals surface area contributed by atoms with Gasteiger partial charge in [0, 0.05) is 19.2 Å². The predicted molar refractivity (Wildman–Crippen MR) is 125 cm³/mol. The highest BCUT2D eigenvalue weighted by molar-refractivity contribution is 6.03. The summed E-state index contributed by atoms with van der Waals surface area (Å²) < 4.78 is 5.69. The van der Waals surface area contributed by atoms with Crippen molar-refractivity contribution in [1.82, 2.24) is 40.3 Å². The molecule has 12 nitrogen and oxygen atoms in total. The molecule has 12 heteroatoms. The van der Waals surface area contributed by atoms with Crippen LogP contribution in [0.15, 0.2) is 36.5 Å². The van der Waals surface area contributed by atoms with Gasteiger partial charge in [0.1, 0.15) is 0 Å². The number of anilines is 2. The fourth-order valence-corrected chi connectivity index (χ4v) is 3.99. The lowest BCUT2D eigenvalue weighted by atomic mass is 10.1. The van der Waals surface area contributed by atoms with Crippen molar-refractivity contribution in [2.45, 2.75) is 13.0 Å². The maximum atomic E-state index is 12.9. The minimum Gasteiger partial charge on any atom is -0.494 e. The molecule has 1 aliphatic rings. The van der Waals surface area contributed by atoms with Crippen molar-refractivity contribution in [1.29, 1.82) is 0 Å². The van der Waals surface area contributed by atoms with Gasteiger partial charge in [0.2, 0.25) is 11.5 Å². The molecule has 0 spiro atoms. The summed E-state index contributed by atoms with van der Waals surface area (Å²) in [5, 5.41) is 23.6. The SMILES string of the molecule is [C-]#[N+]c1cnnc(Cc2cc(Nc3cccc(-c4nnn(C)n4)c3OC)c3c(n2)CN(C)C3=O)c1. The number of carbonyl (C=O) groups excluding carboxylic acids is 1. The number of ether oxygens (including phenoxy) is 1. The van der Waals surface area contributed by atoms with Crippen LogP contribution in [0.5, 0.6) is 5.75 Å².